The third-order valence-corrected chi connectivity index (χ3v) is 9.15. The van der Waals surface area contributed by atoms with Gasteiger partial charge in [-0.1, -0.05) is 73.1 Å². The number of nitrogens with one attached hydrogen (secondary N) is 3. The molecule has 2 saturated carbocycles. The van der Waals surface area contributed by atoms with Crippen LogP contribution in [-0.4, -0.2) is 77.7 Å². The molecular weight excluding hydrogens is 542 g/mol. The molecule has 0 bridgehead atoms. The monoisotopic (exact) mass is 591 g/mol. The summed E-state index contributed by atoms with van der Waals surface area (Å²) in [7, 11) is 1.29. The van der Waals surface area contributed by atoms with Crippen LogP contribution in [0.25, 0.3) is 0 Å². The van der Waals surface area contributed by atoms with E-state index >= 15 is 0 Å². The smallest absolute Gasteiger partial charge is 0.331 e. The summed E-state index contributed by atoms with van der Waals surface area (Å²) in [6.07, 6.45) is 6.13. The number of methoxy groups -OCH3 is 1. The van der Waals surface area contributed by atoms with Crippen LogP contribution in [0.4, 0.5) is 4.79 Å². The summed E-state index contributed by atoms with van der Waals surface area (Å²) in [5.41, 5.74) is 3.36. The van der Waals surface area contributed by atoms with Crippen molar-refractivity contribution in [2.75, 3.05) is 13.7 Å². The quantitative estimate of drug-likeness (QED) is 0.209. The average molecular weight is 592 g/mol. The molecule has 3 fully saturated rings. The van der Waals surface area contributed by atoms with Crippen LogP contribution in [-0.2, 0) is 28.7 Å². The van der Waals surface area contributed by atoms with E-state index in [-0.39, 0.29) is 24.3 Å². The first kappa shape index (κ1) is 33.3. The first-order valence-electron chi connectivity index (χ1n) is 15.3. The number of likely N-dealkylation sites (tertiary alicyclic amines) is 1. The summed E-state index contributed by atoms with van der Waals surface area (Å²) in [6.45, 7) is 9.64. The number of ketones is 1. The predicted molar refractivity (Wildman–Crippen MR) is 155 cm³/mol. The molecule has 0 aromatic heterocycles. The van der Waals surface area contributed by atoms with E-state index in [0.717, 1.165) is 32.1 Å². The predicted octanol–water partition coefficient (Wildman–Crippen LogP) is 1.79. The minimum atomic E-state index is -1.16. The fraction of sp³-hybridized carbons (Fsp3) is 0.800. The van der Waals surface area contributed by atoms with Gasteiger partial charge in [-0.2, -0.15) is 0 Å². The molecule has 1 aliphatic heterocycles. The second-order valence-electron chi connectivity index (χ2n) is 13.5. The zero-order valence-corrected chi connectivity index (χ0v) is 25.9. The van der Waals surface area contributed by atoms with Crippen LogP contribution in [0.1, 0.15) is 92.4 Å². The number of nitrogens with two attached hydrogens (primary N) is 1. The molecule has 5 atom stereocenters. The van der Waals surface area contributed by atoms with Crippen molar-refractivity contribution in [3.63, 3.8) is 0 Å². The lowest BCUT2D eigenvalue weighted by molar-refractivity contribution is -0.149. The van der Waals surface area contributed by atoms with E-state index in [2.05, 4.69) is 16.0 Å². The Hall–Kier alpha value is -3.18. The van der Waals surface area contributed by atoms with Crippen LogP contribution in [0.5, 0.6) is 0 Å². The maximum absolute atomic E-state index is 14.2. The third-order valence-electron chi connectivity index (χ3n) is 9.15. The molecule has 236 valence electrons. The Morgan fingerprint density at radius 1 is 1.02 bits per heavy atom. The molecule has 2 aliphatic carbocycles. The number of nitrogens with zero attached hydrogens (tertiary/aromatic N) is 1. The fourth-order valence-electron chi connectivity index (χ4n) is 6.57. The van der Waals surface area contributed by atoms with Crippen molar-refractivity contribution in [1.82, 2.24) is 20.9 Å². The van der Waals surface area contributed by atoms with Crippen molar-refractivity contribution >= 4 is 35.5 Å². The highest BCUT2D eigenvalue weighted by molar-refractivity contribution is 6.37. The second-order valence-corrected chi connectivity index (χ2v) is 13.5. The molecule has 42 heavy (non-hydrogen) atoms. The molecule has 1 unspecified atom stereocenters. The van der Waals surface area contributed by atoms with Gasteiger partial charge in [-0.3, -0.25) is 19.2 Å². The van der Waals surface area contributed by atoms with E-state index in [1.54, 1.807) is 0 Å². The Labute approximate surface area is 248 Å². The molecule has 0 aromatic carbocycles. The number of rotatable bonds is 11. The summed E-state index contributed by atoms with van der Waals surface area (Å²) in [5, 5.41) is 8.36. The lowest BCUT2D eigenvalue weighted by Gasteiger charge is -2.38. The molecule has 5 N–H and O–H groups in total. The van der Waals surface area contributed by atoms with Gasteiger partial charge >= 0.3 is 12.0 Å². The van der Waals surface area contributed by atoms with Crippen molar-refractivity contribution in [2.45, 2.75) is 116 Å². The van der Waals surface area contributed by atoms with E-state index in [1.165, 1.54) is 12.0 Å². The average Bonchev–Trinajstić information content (AvgIpc) is 3.68. The molecule has 3 aliphatic rings. The van der Waals surface area contributed by atoms with Gasteiger partial charge < -0.3 is 31.3 Å². The number of Topliss-reactive ketones (excluding diaryl/α,β-unsaturated/α-hetero) is 1. The molecule has 1 saturated heterocycles. The summed E-state index contributed by atoms with van der Waals surface area (Å²) >= 11 is 0. The minimum absolute atomic E-state index is 0.0253. The SMILES string of the molecule is CC[C@@H]1[C@@H](C(=O)NC(CC2CC2)C(=O)C(N)=O)N(C(=O)[C@@H](NC(=O)NC2(C(=O)OC)CCCCC2)C(C)(C)C)C[C@@H]1C. The third kappa shape index (κ3) is 7.60. The normalized spacial score (nSPS) is 25.1. The number of primary amides is 1. The summed E-state index contributed by atoms with van der Waals surface area (Å²) in [5.74, 6) is -3.39. The zero-order valence-electron chi connectivity index (χ0n) is 25.9. The van der Waals surface area contributed by atoms with Crippen LogP contribution >= 0.6 is 0 Å². The van der Waals surface area contributed by atoms with Gasteiger partial charge in [-0.15, -0.1) is 0 Å². The number of hydrogen-bond donors (Lipinski definition) is 4. The molecule has 0 aromatic rings. The highest BCUT2D eigenvalue weighted by atomic mass is 16.5. The van der Waals surface area contributed by atoms with E-state index in [0.29, 0.717) is 25.7 Å². The number of urea groups is 1. The van der Waals surface area contributed by atoms with Gasteiger partial charge in [0.25, 0.3) is 5.91 Å². The lowest BCUT2D eigenvalue weighted by Crippen LogP contribution is -2.64. The first-order chi connectivity index (χ1) is 19.6. The van der Waals surface area contributed by atoms with Crippen LogP contribution < -0.4 is 21.7 Å². The number of ether oxygens (including phenoxy) is 1. The maximum atomic E-state index is 14.2. The lowest BCUT2D eigenvalue weighted by atomic mass is 9.81. The number of amides is 5. The van der Waals surface area contributed by atoms with Crippen LogP contribution in [0.3, 0.4) is 0 Å². The van der Waals surface area contributed by atoms with Crippen LogP contribution in [0.2, 0.25) is 0 Å². The van der Waals surface area contributed by atoms with Gasteiger partial charge in [0, 0.05) is 6.54 Å². The minimum Gasteiger partial charge on any atom is -0.467 e. The van der Waals surface area contributed by atoms with E-state index in [1.807, 2.05) is 34.6 Å². The summed E-state index contributed by atoms with van der Waals surface area (Å²) in [4.78, 5) is 79.7. The topological polar surface area (TPSA) is 177 Å². The van der Waals surface area contributed by atoms with E-state index in [9.17, 15) is 28.8 Å². The second kappa shape index (κ2) is 13.4. The molecule has 12 heteroatoms. The Morgan fingerprint density at radius 2 is 1.64 bits per heavy atom. The van der Waals surface area contributed by atoms with Gasteiger partial charge in [0.1, 0.15) is 17.6 Å². The van der Waals surface area contributed by atoms with Crippen molar-refractivity contribution < 1.29 is 33.5 Å². The van der Waals surface area contributed by atoms with Crippen molar-refractivity contribution in [3.8, 4) is 0 Å². The van der Waals surface area contributed by atoms with Crippen LogP contribution in [0, 0.1) is 23.2 Å². The number of hydrogen-bond acceptors (Lipinski definition) is 7. The van der Waals surface area contributed by atoms with Gasteiger partial charge in [0.15, 0.2) is 0 Å². The Balaban J connectivity index is 1.84. The fourth-order valence-corrected chi connectivity index (χ4v) is 6.57. The zero-order chi connectivity index (χ0) is 31.4. The maximum Gasteiger partial charge on any atom is 0.331 e. The van der Waals surface area contributed by atoms with Crippen molar-refractivity contribution in [2.24, 2.45) is 28.9 Å². The summed E-state index contributed by atoms with van der Waals surface area (Å²) < 4.78 is 5.01. The molecule has 0 spiro atoms. The molecule has 1 heterocycles. The molecule has 5 amide bonds. The van der Waals surface area contributed by atoms with Crippen molar-refractivity contribution in [3.05, 3.63) is 0 Å². The highest BCUT2D eigenvalue weighted by Crippen LogP contribution is 2.36. The number of esters is 1. The van der Waals surface area contributed by atoms with Crippen LogP contribution in [0.15, 0.2) is 0 Å². The van der Waals surface area contributed by atoms with Gasteiger partial charge in [-0.05, 0) is 42.4 Å². The first-order valence-corrected chi connectivity index (χ1v) is 15.3. The van der Waals surface area contributed by atoms with Gasteiger partial charge in [-0.25, -0.2) is 9.59 Å². The molecule has 3 rings (SSSR count). The largest absolute Gasteiger partial charge is 0.467 e. The molecule has 0 radical (unpaired) electrons. The van der Waals surface area contributed by atoms with Gasteiger partial charge in [0.05, 0.1) is 13.2 Å². The molecular formula is C30H49N5O7. The number of carbonyl (C=O) groups is 6. The number of carbonyl (C=O) groups excluding carboxylic acids is 6. The highest BCUT2D eigenvalue weighted by Gasteiger charge is 2.50. The van der Waals surface area contributed by atoms with Gasteiger partial charge in [0.2, 0.25) is 17.6 Å². The van der Waals surface area contributed by atoms with Crippen molar-refractivity contribution in [1.29, 1.82) is 0 Å². The summed E-state index contributed by atoms with van der Waals surface area (Å²) in [6, 6.07) is -3.62. The Bertz CT molecular complexity index is 1060. The molecule has 12 nitrogen and oxygen atoms in total. The standard InChI is InChI=1S/C30H49N5O7/c1-7-19-17(2)16-35(21(19)25(38)32-20(15-18-11-12-18)22(36)24(31)37)26(39)23(29(3,4)5)33-28(41)34-30(27(40)42-6)13-9-8-10-14-30/h17-21,23H,7-16H2,1-6H3,(H2,31,37)(H,32,38)(H2,33,34,41)/t17-,19-,20?,21-,23+/m0/s1. The Morgan fingerprint density at radius 3 is 2.14 bits per heavy atom. The van der Waals surface area contributed by atoms with E-state index < -0.39 is 64.6 Å². The Kier molecular flexibility index (Phi) is 10.6. The van der Waals surface area contributed by atoms with E-state index in [4.69, 9.17) is 10.5 Å².